The van der Waals surface area contributed by atoms with E-state index in [0.717, 1.165) is 11.1 Å². The SMILES string of the molecule is N#Cc1cccc([C@H](N)[C@H](O)Cc2ccccc2)c1. The monoisotopic (exact) mass is 252 g/mol. The zero-order valence-electron chi connectivity index (χ0n) is 10.5. The molecule has 0 radical (unpaired) electrons. The highest BCUT2D eigenvalue weighted by atomic mass is 16.3. The largest absolute Gasteiger partial charge is 0.391 e. The summed E-state index contributed by atoms with van der Waals surface area (Å²) in [6, 6.07) is 18.4. The predicted octanol–water partition coefficient (Wildman–Crippen LogP) is 2.16. The molecule has 0 saturated heterocycles. The highest BCUT2D eigenvalue weighted by molar-refractivity contribution is 5.34. The summed E-state index contributed by atoms with van der Waals surface area (Å²) >= 11 is 0. The molecule has 0 aliphatic rings. The zero-order chi connectivity index (χ0) is 13.7. The second kappa shape index (κ2) is 6.14. The Morgan fingerprint density at radius 2 is 1.84 bits per heavy atom. The summed E-state index contributed by atoms with van der Waals surface area (Å²) in [5.41, 5.74) is 8.43. The molecule has 0 unspecified atom stereocenters. The topological polar surface area (TPSA) is 70.0 Å². The lowest BCUT2D eigenvalue weighted by Crippen LogP contribution is -2.28. The molecule has 0 aromatic heterocycles. The second-order valence-corrected chi connectivity index (χ2v) is 4.52. The fourth-order valence-electron chi connectivity index (χ4n) is 2.02. The number of hydrogen-bond donors (Lipinski definition) is 2. The molecular weight excluding hydrogens is 236 g/mol. The summed E-state index contributed by atoms with van der Waals surface area (Å²) in [6.45, 7) is 0. The number of hydrogen-bond acceptors (Lipinski definition) is 3. The zero-order valence-corrected chi connectivity index (χ0v) is 10.5. The second-order valence-electron chi connectivity index (χ2n) is 4.52. The van der Waals surface area contributed by atoms with Crippen molar-refractivity contribution >= 4 is 0 Å². The number of aliphatic hydroxyl groups excluding tert-OH is 1. The number of nitrogens with zero attached hydrogens (tertiary/aromatic N) is 1. The molecule has 96 valence electrons. The molecule has 2 rings (SSSR count). The van der Waals surface area contributed by atoms with Crippen LogP contribution in [0.25, 0.3) is 0 Å². The van der Waals surface area contributed by atoms with Crippen molar-refractivity contribution < 1.29 is 5.11 Å². The maximum absolute atomic E-state index is 10.2. The standard InChI is InChI=1S/C16H16N2O/c17-11-13-7-4-8-14(9-13)16(18)15(19)10-12-5-2-1-3-6-12/h1-9,15-16,19H,10,18H2/t15-,16+/m1/s1. The fraction of sp³-hybridized carbons (Fsp3) is 0.188. The molecule has 0 saturated carbocycles. The summed E-state index contributed by atoms with van der Waals surface area (Å²) in [6.07, 6.45) is -0.171. The van der Waals surface area contributed by atoms with E-state index in [1.54, 1.807) is 18.2 Å². The van der Waals surface area contributed by atoms with E-state index < -0.39 is 12.1 Å². The minimum Gasteiger partial charge on any atom is -0.391 e. The molecule has 0 fully saturated rings. The quantitative estimate of drug-likeness (QED) is 0.876. The summed E-state index contributed by atoms with van der Waals surface area (Å²) in [5.74, 6) is 0. The summed E-state index contributed by atoms with van der Waals surface area (Å²) in [5, 5.41) is 19.0. The normalized spacial score (nSPS) is 13.5. The van der Waals surface area contributed by atoms with Gasteiger partial charge in [-0.2, -0.15) is 5.26 Å². The predicted molar refractivity (Wildman–Crippen MR) is 74.2 cm³/mol. The van der Waals surface area contributed by atoms with Crippen LogP contribution in [-0.2, 0) is 6.42 Å². The lowest BCUT2D eigenvalue weighted by atomic mass is 9.96. The van der Waals surface area contributed by atoms with Crippen molar-refractivity contribution in [3.63, 3.8) is 0 Å². The van der Waals surface area contributed by atoms with Crippen LogP contribution in [0.2, 0.25) is 0 Å². The van der Waals surface area contributed by atoms with E-state index in [4.69, 9.17) is 11.0 Å². The lowest BCUT2D eigenvalue weighted by molar-refractivity contribution is 0.145. The number of nitriles is 1. The molecule has 0 amide bonds. The Hall–Kier alpha value is -2.15. The third-order valence-electron chi connectivity index (χ3n) is 3.10. The average molecular weight is 252 g/mol. The molecule has 2 aromatic carbocycles. The lowest BCUT2D eigenvalue weighted by Gasteiger charge is -2.19. The van der Waals surface area contributed by atoms with Crippen molar-refractivity contribution in [2.45, 2.75) is 18.6 Å². The summed E-state index contributed by atoms with van der Waals surface area (Å²) in [7, 11) is 0. The third kappa shape index (κ3) is 3.41. The van der Waals surface area contributed by atoms with E-state index in [9.17, 15) is 5.11 Å². The molecule has 3 nitrogen and oxygen atoms in total. The van der Waals surface area contributed by atoms with Crippen LogP contribution in [0.15, 0.2) is 54.6 Å². The van der Waals surface area contributed by atoms with Crippen molar-refractivity contribution in [1.29, 1.82) is 5.26 Å². The Balaban J connectivity index is 2.10. The van der Waals surface area contributed by atoms with Gasteiger partial charge in [-0.15, -0.1) is 0 Å². The first-order valence-corrected chi connectivity index (χ1v) is 6.18. The molecule has 0 aliphatic heterocycles. The first kappa shape index (κ1) is 13.3. The maximum atomic E-state index is 10.2. The van der Waals surface area contributed by atoms with Crippen molar-refractivity contribution in [2.24, 2.45) is 5.73 Å². The highest BCUT2D eigenvalue weighted by Gasteiger charge is 2.17. The van der Waals surface area contributed by atoms with Gasteiger partial charge in [-0.3, -0.25) is 0 Å². The van der Waals surface area contributed by atoms with Gasteiger partial charge in [0, 0.05) is 6.42 Å². The molecule has 3 heteroatoms. The Morgan fingerprint density at radius 3 is 2.53 bits per heavy atom. The fourth-order valence-corrected chi connectivity index (χ4v) is 2.02. The first-order valence-electron chi connectivity index (χ1n) is 6.18. The van der Waals surface area contributed by atoms with Crippen molar-refractivity contribution in [1.82, 2.24) is 0 Å². The van der Waals surface area contributed by atoms with E-state index in [1.807, 2.05) is 36.4 Å². The van der Waals surface area contributed by atoms with Gasteiger partial charge >= 0.3 is 0 Å². The van der Waals surface area contributed by atoms with Gasteiger partial charge in [-0.25, -0.2) is 0 Å². The molecule has 3 N–H and O–H groups in total. The van der Waals surface area contributed by atoms with Gasteiger partial charge in [0.15, 0.2) is 0 Å². The van der Waals surface area contributed by atoms with Crippen LogP contribution in [0, 0.1) is 11.3 Å². The van der Waals surface area contributed by atoms with E-state index in [1.165, 1.54) is 0 Å². The van der Waals surface area contributed by atoms with E-state index in [0.29, 0.717) is 12.0 Å². The summed E-state index contributed by atoms with van der Waals surface area (Å²) < 4.78 is 0. The van der Waals surface area contributed by atoms with Crippen LogP contribution < -0.4 is 5.73 Å². The third-order valence-corrected chi connectivity index (χ3v) is 3.10. The van der Waals surface area contributed by atoms with Crippen LogP contribution in [0.4, 0.5) is 0 Å². The number of nitrogens with two attached hydrogens (primary N) is 1. The minimum atomic E-state index is -0.670. The Bertz CT molecular complexity index is 575. The molecule has 19 heavy (non-hydrogen) atoms. The van der Waals surface area contributed by atoms with Crippen LogP contribution in [0.3, 0.4) is 0 Å². The number of rotatable bonds is 4. The van der Waals surface area contributed by atoms with E-state index in [-0.39, 0.29) is 0 Å². The van der Waals surface area contributed by atoms with Crippen LogP contribution in [0.1, 0.15) is 22.7 Å². The van der Waals surface area contributed by atoms with Crippen molar-refractivity contribution in [2.75, 3.05) is 0 Å². The smallest absolute Gasteiger partial charge is 0.0991 e. The van der Waals surface area contributed by atoms with Gasteiger partial charge in [-0.05, 0) is 23.3 Å². The molecule has 0 heterocycles. The van der Waals surface area contributed by atoms with Gasteiger partial charge in [0.2, 0.25) is 0 Å². The molecule has 0 spiro atoms. The van der Waals surface area contributed by atoms with Gasteiger partial charge in [-0.1, -0.05) is 42.5 Å². The number of benzene rings is 2. The molecule has 0 aliphatic carbocycles. The first-order chi connectivity index (χ1) is 9.20. The average Bonchev–Trinajstić information content (AvgIpc) is 2.47. The van der Waals surface area contributed by atoms with Crippen LogP contribution in [-0.4, -0.2) is 11.2 Å². The van der Waals surface area contributed by atoms with Crippen LogP contribution in [0.5, 0.6) is 0 Å². The molecule has 0 bridgehead atoms. The Labute approximate surface area is 112 Å². The molecular formula is C16H16N2O. The van der Waals surface area contributed by atoms with Gasteiger partial charge in [0.25, 0.3) is 0 Å². The maximum Gasteiger partial charge on any atom is 0.0991 e. The van der Waals surface area contributed by atoms with Crippen LogP contribution >= 0.6 is 0 Å². The Kier molecular flexibility index (Phi) is 4.30. The van der Waals surface area contributed by atoms with Crippen molar-refractivity contribution in [3.05, 3.63) is 71.3 Å². The molecule has 2 aromatic rings. The van der Waals surface area contributed by atoms with E-state index >= 15 is 0 Å². The van der Waals surface area contributed by atoms with E-state index in [2.05, 4.69) is 6.07 Å². The summed E-state index contributed by atoms with van der Waals surface area (Å²) in [4.78, 5) is 0. The van der Waals surface area contributed by atoms with Gasteiger partial charge in [0.05, 0.1) is 23.8 Å². The highest BCUT2D eigenvalue weighted by Crippen LogP contribution is 2.18. The van der Waals surface area contributed by atoms with Crippen molar-refractivity contribution in [3.8, 4) is 6.07 Å². The number of aliphatic hydroxyl groups is 1. The molecule has 2 atom stereocenters. The van der Waals surface area contributed by atoms with Gasteiger partial charge in [0.1, 0.15) is 0 Å². The van der Waals surface area contributed by atoms with Gasteiger partial charge < -0.3 is 10.8 Å². The minimum absolute atomic E-state index is 0.492. The Morgan fingerprint density at radius 1 is 1.11 bits per heavy atom.